The Hall–Kier alpha value is -2.04. The minimum Gasteiger partial charge on any atom is -0.283 e. The van der Waals surface area contributed by atoms with E-state index in [2.05, 4.69) is 17.1 Å². The van der Waals surface area contributed by atoms with E-state index in [1.54, 1.807) is 36.9 Å². The molecular weight excluding hydrogens is 539 g/mol. The third-order valence-electron chi connectivity index (χ3n) is 5.72. The Morgan fingerprint density at radius 3 is 2.28 bits per heavy atom. The van der Waals surface area contributed by atoms with Crippen molar-refractivity contribution in [3.8, 4) is 10.6 Å². The first kappa shape index (κ1) is 28.5. The first-order valence-corrected chi connectivity index (χ1v) is 14.9. The van der Waals surface area contributed by atoms with Gasteiger partial charge in [0.25, 0.3) is 5.91 Å². The normalized spacial score (nSPS) is 11.7. The quantitative estimate of drug-likeness (QED) is 0.225. The topological polar surface area (TPSA) is 83.5 Å². The van der Waals surface area contributed by atoms with Gasteiger partial charge in [0.05, 0.1) is 5.02 Å². The van der Waals surface area contributed by atoms with E-state index < -0.39 is 10.0 Å². The van der Waals surface area contributed by atoms with Crippen LogP contribution in [0.5, 0.6) is 0 Å². The predicted molar refractivity (Wildman–Crippen MR) is 148 cm³/mol. The van der Waals surface area contributed by atoms with Crippen LogP contribution in [0, 0.1) is 0 Å². The maximum absolute atomic E-state index is 13.7. The lowest BCUT2D eigenvalue weighted by Crippen LogP contribution is -2.33. The van der Waals surface area contributed by atoms with Crippen molar-refractivity contribution in [1.82, 2.24) is 14.5 Å². The van der Waals surface area contributed by atoms with Crippen LogP contribution in [0.15, 0.2) is 47.4 Å². The van der Waals surface area contributed by atoms with Crippen LogP contribution in [0.25, 0.3) is 10.6 Å². The number of benzene rings is 2. The molecule has 11 heteroatoms. The number of hydrogen-bond donors (Lipinski definition) is 0. The molecule has 1 heterocycles. The zero-order chi connectivity index (χ0) is 26.3. The second-order valence-corrected chi connectivity index (χ2v) is 11.9. The number of hydrogen-bond acceptors (Lipinski definition) is 6. The summed E-state index contributed by atoms with van der Waals surface area (Å²) >= 11 is 13.6. The van der Waals surface area contributed by atoms with E-state index in [4.69, 9.17) is 23.2 Å². The second kappa shape index (κ2) is 13.0. The number of carbonyl (C=O) groups excluding carboxylic acids is 1. The number of amides is 1. The van der Waals surface area contributed by atoms with Gasteiger partial charge >= 0.3 is 0 Å². The number of rotatable bonds is 12. The molecule has 0 aliphatic carbocycles. The molecule has 7 nitrogen and oxygen atoms in total. The van der Waals surface area contributed by atoms with Crippen LogP contribution in [-0.4, -0.2) is 48.5 Å². The van der Waals surface area contributed by atoms with Gasteiger partial charge in [0.2, 0.25) is 15.2 Å². The van der Waals surface area contributed by atoms with Crippen molar-refractivity contribution in [1.29, 1.82) is 0 Å². The monoisotopic (exact) mass is 568 g/mol. The third-order valence-corrected chi connectivity index (χ3v) is 9.50. The molecule has 36 heavy (non-hydrogen) atoms. The smallest absolute Gasteiger partial charge is 0.260 e. The van der Waals surface area contributed by atoms with Crippen LogP contribution in [0.4, 0.5) is 5.13 Å². The number of carbonyl (C=O) groups is 1. The third kappa shape index (κ3) is 6.63. The van der Waals surface area contributed by atoms with Crippen LogP contribution in [0.1, 0.15) is 56.8 Å². The number of halogens is 2. The van der Waals surface area contributed by atoms with Gasteiger partial charge in [-0.3, -0.25) is 9.69 Å². The summed E-state index contributed by atoms with van der Waals surface area (Å²) in [7, 11) is -3.84. The van der Waals surface area contributed by atoms with Gasteiger partial charge in [0, 0.05) is 35.8 Å². The molecule has 0 saturated carbocycles. The fourth-order valence-corrected chi connectivity index (χ4v) is 6.67. The summed E-state index contributed by atoms with van der Waals surface area (Å²) < 4.78 is 27.6. The molecule has 0 spiro atoms. The SMILES string of the molecule is CCCCCCN(C(=O)c1ccc(Cl)c(S(=O)(=O)N(CC)CC)c1)c1nnc(-c2ccc(Cl)cc2)s1. The highest BCUT2D eigenvalue weighted by molar-refractivity contribution is 7.89. The van der Waals surface area contributed by atoms with Crippen molar-refractivity contribution in [3.05, 3.63) is 58.1 Å². The number of anilines is 1. The van der Waals surface area contributed by atoms with E-state index in [1.807, 2.05) is 12.1 Å². The molecule has 194 valence electrons. The Bertz CT molecular complexity index is 1280. The minimum atomic E-state index is -3.84. The van der Waals surface area contributed by atoms with E-state index in [1.165, 1.54) is 27.8 Å². The summed E-state index contributed by atoms with van der Waals surface area (Å²) in [5.41, 5.74) is 1.07. The Morgan fingerprint density at radius 1 is 0.944 bits per heavy atom. The predicted octanol–water partition coefficient (Wildman–Crippen LogP) is 6.77. The van der Waals surface area contributed by atoms with Crippen molar-refractivity contribution in [3.63, 3.8) is 0 Å². The molecule has 0 atom stereocenters. The van der Waals surface area contributed by atoms with Gasteiger partial charge in [-0.05, 0) is 36.8 Å². The summed E-state index contributed by atoms with van der Waals surface area (Å²) in [6.07, 6.45) is 3.87. The van der Waals surface area contributed by atoms with Crippen molar-refractivity contribution >= 4 is 55.6 Å². The molecule has 0 aliphatic heterocycles. The van der Waals surface area contributed by atoms with E-state index in [-0.39, 0.29) is 21.4 Å². The molecule has 2 aromatic carbocycles. The summed E-state index contributed by atoms with van der Waals surface area (Å²) in [5.74, 6) is -0.349. The van der Waals surface area contributed by atoms with Gasteiger partial charge in [-0.15, -0.1) is 10.2 Å². The maximum atomic E-state index is 13.7. The molecule has 0 radical (unpaired) electrons. The molecule has 1 aromatic heterocycles. The lowest BCUT2D eigenvalue weighted by molar-refractivity contribution is 0.0986. The minimum absolute atomic E-state index is 0.0777. The number of aromatic nitrogens is 2. The van der Waals surface area contributed by atoms with Gasteiger partial charge < -0.3 is 0 Å². The Kier molecular flexibility index (Phi) is 10.3. The molecule has 0 fully saturated rings. The molecule has 0 aliphatic rings. The van der Waals surface area contributed by atoms with E-state index in [0.29, 0.717) is 34.8 Å². The molecule has 3 rings (SSSR count). The van der Waals surface area contributed by atoms with Crippen molar-refractivity contribution in [2.24, 2.45) is 0 Å². The molecule has 3 aromatic rings. The Morgan fingerprint density at radius 2 is 1.64 bits per heavy atom. The molecule has 0 bridgehead atoms. The first-order valence-electron chi connectivity index (χ1n) is 11.9. The second-order valence-electron chi connectivity index (χ2n) is 8.15. The summed E-state index contributed by atoms with van der Waals surface area (Å²) in [6, 6.07) is 11.6. The highest BCUT2D eigenvalue weighted by Gasteiger charge is 2.28. The highest BCUT2D eigenvalue weighted by atomic mass is 35.5. The number of nitrogens with zero attached hydrogens (tertiary/aromatic N) is 4. The van der Waals surface area contributed by atoms with Gasteiger partial charge in [0.1, 0.15) is 9.90 Å². The van der Waals surface area contributed by atoms with E-state index >= 15 is 0 Å². The number of sulfonamides is 1. The molecule has 1 amide bonds. The number of unbranched alkanes of at least 4 members (excludes halogenated alkanes) is 3. The molecule has 0 unspecified atom stereocenters. The summed E-state index contributed by atoms with van der Waals surface area (Å²) in [5, 5.41) is 10.4. The van der Waals surface area contributed by atoms with Crippen LogP contribution >= 0.6 is 34.5 Å². The van der Waals surface area contributed by atoms with Gasteiger partial charge in [-0.1, -0.05) is 86.7 Å². The fourth-order valence-electron chi connectivity index (χ4n) is 3.71. The summed E-state index contributed by atoms with van der Waals surface area (Å²) in [6.45, 7) is 6.68. The van der Waals surface area contributed by atoms with Crippen LogP contribution in [0.3, 0.4) is 0 Å². The zero-order valence-corrected chi connectivity index (χ0v) is 23.7. The Balaban J connectivity index is 1.97. The average molecular weight is 570 g/mol. The van der Waals surface area contributed by atoms with Crippen molar-refractivity contribution in [2.75, 3.05) is 24.5 Å². The maximum Gasteiger partial charge on any atom is 0.260 e. The highest BCUT2D eigenvalue weighted by Crippen LogP contribution is 2.32. The molecular formula is C25H30Cl2N4O3S2. The van der Waals surface area contributed by atoms with E-state index in [0.717, 1.165) is 31.2 Å². The van der Waals surface area contributed by atoms with Gasteiger partial charge in [-0.2, -0.15) is 4.31 Å². The van der Waals surface area contributed by atoms with Crippen molar-refractivity contribution in [2.45, 2.75) is 51.3 Å². The largest absolute Gasteiger partial charge is 0.283 e. The van der Waals surface area contributed by atoms with Gasteiger partial charge in [-0.25, -0.2) is 8.42 Å². The average Bonchev–Trinajstić information content (AvgIpc) is 3.35. The summed E-state index contributed by atoms with van der Waals surface area (Å²) in [4.78, 5) is 15.2. The zero-order valence-electron chi connectivity index (χ0n) is 20.6. The molecule has 0 N–H and O–H groups in total. The van der Waals surface area contributed by atoms with Crippen molar-refractivity contribution < 1.29 is 13.2 Å². The first-order chi connectivity index (χ1) is 17.2. The van der Waals surface area contributed by atoms with Crippen LogP contribution < -0.4 is 4.90 Å². The van der Waals surface area contributed by atoms with Crippen LogP contribution in [0.2, 0.25) is 10.0 Å². The van der Waals surface area contributed by atoms with E-state index in [9.17, 15) is 13.2 Å². The lowest BCUT2D eigenvalue weighted by Gasteiger charge is -2.22. The standard InChI is InChI=1S/C25H30Cl2N4O3S2/c1-4-7-8-9-16-31(25-29-28-23(35-25)18-10-13-20(26)14-11-18)24(32)19-12-15-21(27)22(17-19)36(33,34)30(5-2)6-3/h10-15,17H,4-9,16H2,1-3H3. The fraction of sp³-hybridized carbons (Fsp3) is 0.400. The molecule has 0 saturated heterocycles. The van der Waals surface area contributed by atoms with Crippen LogP contribution in [-0.2, 0) is 10.0 Å². The van der Waals surface area contributed by atoms with Gasteiger partial charge in [0.15, 0.2) is 0 Å². The Labute approximate surface area is 227 Å². The lowest BCUT2D eigenvalue weighted by atomic mass is 10.1.